The maximum Gasteiger partial charge on any atom is 0.150 e. The molecule has 0 amide bonds. The first-order chi connectivity index (χ1) is 4.45. The first-order valence-corrected chi connectivity index (χ1v) is 2.95. The van der Waals surface area contributed by atoms with Crippen molar-refractivity contribution in [2.45, 2.75) is 19.6 Å². The Morgan fingerprint density at radius 2 is 2.10 bits per heavy atom. The van der Waals surface area contributed by atoms with E-state index in [1.54, 1.807) is 20.9 Å². The molecule has 0 aromatic carbocycles. The van der Waals surface area contributed by atoms with E-state index in [0.717, 1.165) is 0 Å². The molecule has 0 fully saturated rings. The summed E-state index contributed by atoms with van der Waals surface area (Å²) in [6.45, 7) is 3.12. The number of hydrogen-bond acceptors (Lipinski definition) is 3. The van der Waals surface area contributed by atoms with Crippen LogP contribution in [0.1, 0.15) is 13.8 Å². The van der Waals surface area contributed by atoms with Gasteiger partial charge in [0.05, 0.1) is 6.21 Å². The Labute approximate surface area is 60.5 Å². The van der Waals surface area contributed by atoms with Gasteiger partial charge in [0.2, 0.25) is 0 Å². The van der Waals surface area contributed by atoms with Crippen molar-refractivity contribution in [3.05, 3.63) is 0 Å². The summed E-state index contributed by atoms with van der Waals surface area (Å²) < 4.78 is 0. The second-order valence-corrected chi connectivity index (χ2v) is 2.40. The molecule has 0 rings (SSSR count). The van der Waals surface area contributed by atoms with Crippen LogP contribution in [0, 0.1) is 0 Å². The molecular weight excluding hydrogens is 130 g/mol. The normalized spacial score (nSPS) is 14.6. The van der Waals surface area contributed by atoms with Crippen molar-refractivity contribution in [3.63, 3.8) is 0 Å². The van der Waals surface area contributed by atoms with E-state index in [-0.39, 0.29) is 0 Å². The fourth-order valence-electron chi connectivity index (χ4n) is 0.282. The van der Waals surface area contributed by atoms with Gasteiger partial charge in [0.25, 0.3) is 0 Å². The fourth-order valence-corrected chi connectivity index (χ4v) is 0.282. The number of aliphatic imine (C=N–C) groups is 2. The predicted molar refractivity (Wildman–Crippen MR) is 42.3 cm³/mol. The summed E-state index contributed by atoms with van der Waals surface area (Å²) >= 11 is 0. The molecule has 0 atom stereocenters. The number of nitrogens with zero attached hydrogens (tertiary/aromatic N) is 2. The van der Waals surface area contributed by atoms with Crippen LogP contribution in [0.4, 0.5) is 0 Å². The zero-order chi connectivity index (χ0) is 8.20. The molecule has 0 aliphatic carbocycles. The van der Waals surface area contributed by atoms with Crippen molar-refractivity contribution in [1.82, 2.24) is 0 Å². The monoisotopic (exact) mass is 143 g/mol. The maximum atomic E-state index is 9.05. The minimum atomic E-state index is -1.06. The Bertz CT molecular complexity index is 155. The molecule has 0 aromatic heterocycles. The Balaban J connectivity index is 4.01. The van der Waals surface area contributed by atoms with Gasteiger partial charge in [0.1, 0.15) is 11.6 Å². The number of amidine groups is 1. The van der Waals surface area contributed by atoms with Crippen molar-refractivity contribution < 1.29 is 5.11 Å². The summed E-state index contributed by atoms with van der Waals surface area (Å²) in [5.74, 6) is 0.308. The zero-order valence-corrected chi connectivity index (χ0v) is 6.50. The lowest BCUT2D eigenvalue weighted by Gasteiger charge is -2.08. The third-order valence-electron chi connectivity index (χ3n) is 0.771. The van der Waals surface area contributed by atoms with E-state index in [9.17, 15) is 0 Å². The molecule has 0 saturated carbocycles. The van der Waals surface area contributed by atoms with Gasteiger partial charge in [-0.15, -0.1) is 0 Å². The smallest absolute Gasteiger partial charge is 0.150 e. The molecule has 0 spiro atoms. The van der Waals surface area contributed by atoms with Gasteiger partial charge in [-0.05, 0) is 13.8 Å². The predicted octanol–water partition coefficient (Wildman–Crippen LogP) is -0.227. The van der Waals surface area contributed by atoms with Gasteiger partial charge in [-0.25, -0.2) is 0 Å². The zero-order valence-electron chi connectivity index (χ0n) is 6.50. The average molecular weight is 143 g/mol. The van der Waals surface area contributed by atoms with E-state index in [2.05, 4.69) is 9.98 Å². The molecule has 4 heteroatoms. The molecule has 4 nitrogen and oxygen atoms in total. The van der Waals surface area contributed by atoms with E-state index < -0.39 is 5.72 Å². The topological polar surface area (TPSA) is 71.0 Å². The Morgan fingerprint density at radius 1 is 1.60 bits per heavy atom. The molecule has 0 radical (unpaired) electrons. The molecular formula is C6H13N3O. The molecule has 0 unspecified atom stereocenters. The molecule has 58 valence electrons. The lowest BCUT2D eigenvalue weighted by atomic mass is 10.3. The van der Waals surface area contributed by atoms with Crippen LogP contribution in [-0.4, -0.2) is 29.9 Å². The first-order valence-electron chi connectivity index (χ1n) is 2.95. The first kappa shape index (κ1) is 9.10. The number of nitrogens with two attached hydrogens (primary N) is 1. The molecule has 0 aliphatic heterocycles. The Kier molecular flexibility index (Phi) is 3.02. The Morgan fingerprint density at radius 3 is 2.40 bits per heavy atom. The second-order valence-electron chi connectivity index (χ2n) is 2.40. The van der Waals surface area contributed by atoms with Gasteiger partial charge < -0.3 is 10.8 Å². The van der Waals surface area contributed by atoms with Crippen LogP contribution < -0.4 is 5.73 Å². The second kappa shape index (κ2) is 3.31. The van der Waals surface area contributed by atoms with E-state index in [4.69, 9.17) is 10.8 Å². The third kappa shape index (κ3) is 5.24. The van der Waals surface area contributed by atoms with Gasteiger partial charge in [-0.1, -0.05) is 0 Å². The quantitative estimate of drug-likeness (QED) is 0.414. The van der Waals surface area contributed by atoms with Crippen LogP contribution in [0.3, 0.4) is 0 Å². The van der Waals surface area contributed by atoms with Crippen molar-refractivity contribution in [3.8, 4) is 0 Å². The van der Waals surface area contributed by atoms with Gasteiger partial charge in [0, 0.05) is 7.05 Å². The van der Waals surface area contributed by atoms with Crippen LogP contribution >= 0.6 is 0 Å². The SMILES string of the molecule is C/N=C(N)\C=N/C(C)(C)O. The summed E-state index contributed by atoms with van der Waals surface area (Å²) in [4.78, 5) is 7.33. The highest BCUT2D eigenvalue weighted by Crippen LogP contribution is 1.99. The van der Waals surface area contributed by atoms with E-state index in [1.807, 2.05) is 0 Å². The standard InChI is InChI=1S/C6H13N3O/c1-6(2,10)9-4-5(7)8-3/h4,10H,1-3H3,(H2,7,8)/b9-4-. The highest BCUT2D eigenvalue weighted by atomic mass is 16.3. The van der Waals surface area contributed by atoms with Gasteiger partial charge >= 0.3 is 0 Å². The van der Waals surface area contributed by atoms with Crippen molar-refractivity contribution in [2.24, 2.45) is 15.7 Å². The highest BCUT2D eigenvalue weighted by molar-refractivity contribution is 6.28. The maximum absolute atomic E-state index is 9.05. The highest BCUT2D eigenvalue weighted by Gasteiger charge is 2.06. The van der Waals surface area contributed by atoms with E-state index in [1.165, 1.54) is 6.21 Å². The summed E-state index contributed by atoms with van der Waals surface area (Å²) in [5.41, 5.74) is 4.21. The van der Waals surface area contributed by atoms with Crippen LogP contribution in [-0.2, 0) is 0 Å². The molecule has 0 saturated heterocycles. The molecule has 10 heavy (non-hydrogen) atoms. The average Bonchev–Trinajstić information content (AvgIpc) is 1.81. The van der Waals surface area contributed by atoms with Gasteiger partial charge in [-0.2, -0.15) is 0 Å². The summed E-state index contributed by atoms with van der Waals surface area (Å²) in [6, 6.07) is 0. The van der Waals surface area contributed by atoms with Crippen LogP contribution in [0.25, 0.3) is 0 Å². The van der Waals surface area contributed by atoms with Crippen LogP contribution in [0.15, 0.2) is 9.98 Å². The third-order valence-corrected chi connectivity index (χ3v) is 0.771. The van der Waals surface area contributed by atoms with Gasteiger partial charge in [-0.3, -0.25) is 9.98 Å². The van der Waals surface area contributed by atoms with Crippen LogP contribution in [0.5, 0.6) is 0 Å². The summed E-state index contributed by atoms with van der Waals surface area (Å²) in [6.07, 6.45) is 1.33. The minimum absolute atomic E-state index is 0.308. The lowest BCUT2D eigenvalue weighted by Crippen LogP contribution is -2.19. The number of aliphatic hydroxyl groups is 1. The van der Waals surface area contributed by atoms with Crippen LogP contribution in [0.2, 0.25) is 0 Å². The molecule has 0 aromatic rings. The Hall–Kier alpha value is -0.900. The van der Waals surface area contributed by atoms with Crippen molar-refractivity contribution >= 4 is 12.1 Å². The number of hydrogen-bond donors (Lipinski definition) is 2. The van der Waals surface area contributed by atoms with Crippen molar-refractivity contribution in [1.29, 1.82) is 0 Å². The molecule has 0 bridgehead atoms. The lowest BCUT2D eigenvalue weighted by molar-refractivity contribution is 0.0916. The van der Waals surface area contributed by atoms with Gasteiger partial charge in [0.15, 0.2) is 0 Å². The summed E-state index contributed by atoms with van der Waals surface area (Å²) in [5, 5.41) is 9.05. The fraction of sp³-hybridized carbons (Fsp3) is 0.667. The number of rotatable bonds is 2. The molecule has 3 N–H and O–H groups in total. The minimum Gasteiger partial charge on any atom is -0.383 e. The van der Waals surface area contributed by atoms with Crippen molar-refractivity contribution in [2.75, 3.05) is 7.05 Å². The largest absolute Gasteiger partial charge is 0.383 e. The van der Waals surface area contributed by atoms with E-state index >= 15 is 0 Å². The van der Waals surface area contributed by atoms with E-state index in [0.29, 0.717) is 5.84 Å². The molecule has 0 heterocycles. The summed E-state index contributed by atoms with van der Waals surface area (Å²) in [7, 11) is 1.56. The molecule has 0 aliphatic rings.